The second kappa shape index (κ2) is 6.33. The molecule has 1 aliphatic heterocycles. The topological polar surface area (TPSA) is 38.5 Å². The molecule has 1 unspecified atom stereocenters. The lowest BCUT2D eigenvalue weighted by atomic mass is 9.93. The van der Waals surface area contributed by atoms with E-state index in [1.54, 1.807) is 0 Å². The van der Waals surface area contributed by atoms with E-state index in [0.717, 1.165) is 36.8 Å². The first kappa shape index (κ1) is 15.6. The highest BCUT2D eigenvalue weighted by molar-refractivity contribution is 6.30. The van der Waals surface area contributed by atoms with Gasteiger partial charge < -0.3 is 10.5 Å². The molecule has 1 atom stereocenters. The predicted octanol–water partition coefficient (Wildman–Crippen LogP) is 2.95. The Morgan fingerprint density at radius 3 is 2.85 bits per heavy atom. The van der Waals surface area contributed by atoms with Crippen molar-refractivity contribution >= 4 is 11.6 Å². The summed E-state index contributed by atoms with van der Waals surface area (Å²) in [5.74, 6) is 0.980. The molecule has 4 heteroatoms. The highest BCUT2D eigenvalue weighted by Crippen LogP contribution is 2.31. The molecule has 0 radical (unpaired) electrons. The van der Waals surface area contributed by atoms with Crippen molar-refractivity contribution in [1.29, 1.82) is 0 Å². The highest BCUT2D eigenvalue weighted by Gasteiger charge is 2.27. The Kier molecular flexibility index (Phi) is 4.95. The van der Waals surface area contributed by atoms with E-state index >= 15 is 0 Å². The summed E-state index contributed by atoms with van der Waals surface area (Å²) in [4.78, 5) is 2.42. The Hall–Kier alpha value is -0.770. The van der Waals surface area contributed by atoms with Gasteiger partial charge in [0.2, 0.25) is 0 Å². The number of likely N-dealkylation sites (N-methyl/N-ethyl adjacent to an activating group) is 1. The van der Waals surface area contributed by atoms with E-state index in [1.807, 2.05) is 18.2 Å². The van der Waals surface area contributed by atoms with E-state index in [4.69, 9.17) is 22.1 Å². The summed E-state index contributed by atoms with van der Waals surface area (Å²) < 4.78 is 6.01. The minimum absolute atomic E-state index is 0.144. The average Bonchev–Trinajstić information content (AvgIpc) is 2.79. The van der Waals surface area contributed by atoms with Gasteiger partial charge in [0.15, 0.2) is 0 Å². The van der Waals surface area contributed by atoms with Crippen molar-refractivity contribution in [2.45, 2.75) is 33.3 Å². The van der Waals surface area contributed by atoms with Crippen LogP contribution in [-0.4, -0.2) is 37.2 Å². The lowest BCUT2D eigenvalue weighted by Gasteiger charge is -2.32. The normalized spacial score (nSPS) is 18.2. The van der Waals surface area contributed by atoms with Crippen LogP contribution in [0.2, 0.25) is 5.02 Å². The predicted molar refractivity (Wildman–Crippen MR) is 84.5 cm³/mol. The number of halogens is 1. The maximum absolute atomic E-state index is 6.03. The van der Waals surface area contributed by atoms with Crippen LogP contribution in [0, 0.1) is 5.41 Å². The molecule has 0 fully saturated rings. The maximum atomic E-state index is 6.03. The third-order valence-electron chi connectivity index (χ3n) is 3.88. The molecular formula is C16H25ClN2O. The molecule has 0 amide bonds. The van der Waals surface area contributed by atoms with Gasteiger partial charge in [0, 0.05) is 24.5 Å². The van der Waals surface area contributed by atoms with Crippen molar-refractivity contribution < 1.29 is 4.74 Å². The maximum Gasteiger partial charge on any atom is 0.123 e. The zero-order chi connectivity index (χ0) is 14.8. The van der Waals surface area contributed by atoms with Crippen LogP contribution in [0.5, 0.6) is 5.75 Å². The highest BCUT2D eigenvalue weighted by atomic mass is 35.5. The van der Waals surface area contributed by atoms with E-state index in [0.29, 0.717) is 6.54 Å². The van der Waals surface area contributed by atoms with Gasteiger partial charge in [0.1, 0.15) is 11.9 Å². The Morgan fingerprint density at radius 1 is 1.45 bits per heavy atom. The fourth-order valence-electron chi connectivity index (χ4n) is 2.65. The molecule has 0 aliphatic carbocycles. The zero-order valence-corrected chi connectivity index (χ0v) is 13.4. The number of hydrogen-bond donors (Lipinski definition) is 1. The van der Waals surface area contributed by atoms with Crippen molar-refractivity contribution in [1.82, 2.24) is 4.90 Å². The summed E-state index contributed by atoms with van der Waals surface area (Å²) in [7, 11) is 0. The Morgan fingerprint density at radius 2 is 2.20 bits per heavy atom. The number of nitrogens with zero attached hydrogens (tertiary/aromatic N) is 1. The molecule has 112 valence electrons. The van der Waals surface area contributed by atoms with E-state index in [9.17, 15) is 0 Å². The molecule has 3 nitrogen and oxygen atoms in total. The monoisotopic (exact) mass is 296 g/mol. The molecule has 0 bridgehead atoms. The first-order chi connectivity index (χ1) is 9.43. The average molecular weight is 297 g/mol. The number of benzene rings is 1. The number of rotatable bonds is 6. The van der Waals surface area contributed by atoms with Crippen molar-refractivity contribution in [3.05, 3.63) is 28.8 Å². The van der Waals surface area contributed by atoms with Crippen molar-refractivity contribution in [3.8, 4) is 5.75 Å². The number of fused-ring (bicyclic) bond motifs is 1. The van der Waals surface area contributed by atoms with E-state index in [1.165, 1.54) is 5.56 Å². The van der Waals surface area contributed by atoms with Crippen molar-refractivity contribution in [2.75, 3.05) is 26.2 Å². The Bertz CT molecular complexity index is 462. The van der Waals surface area contributed by atoms with Gasteiger partial charge >= 0.3 is 0 Å². The van der Waals surface area contributed by atoms with Gasteiger partial charge in [-0.15, -0.1) is 0 Å². The van der Waals surface area contributed by atoms with Gasteiger partial charge in [-0.2, -0.15) is 0 Å². The summed E-state index contributed by atoms with van der Waals surface area (Å²) in [6.07, 6.45) is 1.16. The minimum Gasteiger partial charge on any atom is -0.488 e. The molecule has 2 rings (SSSR count). The molecule has 1 heterocycles. The van der Waals surface area contributed by atoms with Gasteiger partial charge in [-0.05, 0) is 42.3 Å². The standard InChI is InChI=1S/C16H25ClN2O/c1-4-19(11-16(2,3)10-18)9-14-8-12-7-13(17)5-6-15(12)20-14/h5-7,14H,4,8-11,18H2,1-3H3. The van der Waals surface area contributed by atoms with E-state index < -0.39 is 0 Å². The van der Waals surface area contributed by atoms with Gasteiger partial charge in [0.05, 0.1) is 0 Å². The van der Waals surface area contributed by atoms with Gasteiger partial charge in [-0.25, -0.2) is 0 Å². The van der Waals surface area contributed by atoms with Crippen LogP contribution in [0.15, 0.2) is 18.2 Å². The van der Waals surface area contributed by atoms with Crippen LogP contribution in [-0.2, 0) is 6.42 Å². The molecule has 0 saturated carbocycles. The first-order valence-electron chi connectivity index (χ1n) is 7.31. The Labute approximate surface area is 127 Å². The summed E-state index contributed by atoms with van der Waals surface area (Å²) in [6, 6.07) is 5.87. The van der Waals surface area contributed by atoms with Gasteiger partial charge in [0.25, 0.3) is 0 Å². The van der Waals surface area contributed by atoms with Crippen LogP contribution in [0.4, 0.5) is 0 Å². The van der Waals surface area contributed by atoms with Crippen LogP contribution in [0.3, 0.4) is 0 Å². The zero-order valence-electron chi connectivity index (χ0n) is 12.7. The van der Waals surface area contributed by atoms with Crippen LogP contribution < -0.4 is 10.5 Å². The largest absolute Gasteiger partial charge is 0.488 e. The lowest BCUT2D eigenvalue weighted by molar-refractivity contribution is 0.121. The van der Waals surface area contributed by atoms with E-state index in [2.05, 4.69) is 25.7 Å². The van der Waals surface area contributed by atoms with Crippen LogP contribution in [0.25, 0.3) is 0 Å². The number of hydrogen-bond acceptors (Lipinski definition) is 3. The molecule has 0 aromatic heterocycles. The quantitative estimate of drug-likeness (QED) is 0.877. The van der Waals surface area contributed by atoms with Crippen molar-refractivity contribution in [3.63, 3.8) is 0 Å². The summed E-state index contributed by atoms with van der Waals surface area (Å²) in [6.45, 7) is 10.2. The van der Waals surface area contributed by atoms with Gasteiger partial charge in [-0.1, -0.05) is 32.4 Å². The third kappa shape index (κ3) is 3.87. The number of ether oxygens (including phenoxy) is 1. The fraction of sp³-hybridized carbons (Fsp3) is 0.625. The Balaban J connectivity index is 1.94. The second-order valence-electron chi connectivity index (χ2n) is 6.39. The molecule has 0 spiro atoms. The molecule has 0 saturated heterocycles. The van der Waals surface area contributed by atoms with Crippen LogP contribution >= 0.6 is 11.6 Å². The van der Waals surface area contributed by atoms with E-state index in [-0.39, 0.29) is 11.5 Å². The first-order valence-corrected chi connectivity index (χ1v) is 7.69. The summed E-state index contributed by atoms with van der Waals surface area (Å²) >= 11 is 6.03. The van der Waals surface area contributed by atoms with Gasteiger partial charge in [-0.3, -0.25) is 4.90 Å². The molecule has 20 heavy (non-hydrogen) atoms. The minimum atomic E-state index is 0.144. The molecule has 1 aromatic rings. The summed E-state index contributed by atoms with van der Waals surface area (Å²) in [5.41, 5.74) is 7.19. The third-order valence-corrected chi connectivity index (χ3v) is 4.11. The fourth-order valence-corrected chi connectivity index (χ4v) is 2.85. The van der Waals surface area contributed by atoms with Crippen LogP contribution in [0.1, 0.15) is 26.3 Å². The molecule has 1 aliphatic rings. The SMILES string of the molecule is CCN(CC1Cc2cc(Cl)ccc2O1)CC(C)(C)CN. The van der Waals surface area contributed by atoms with Crippen molar-refractivity contribution in [2.24, 2.45) is 11.1 Å². The number of nitrogens with two attached hydrogens (primary N) is 1. The second-order valence-corrected chi connectivity index (χ2v) is 6.83. The smallest absolute Gasteiger partial charge is 0.123 e. The molecular weight excluding hydrogens is 272 g/mol. The lowest BCUT2D eigenvalue weighted by Crippen LogP contribution is -2.43. The molecule has 2 N–H and O–H groups in total. The molecule has 1 aromatic carbocycles. The summed E-state index contributed by atoms with van der Waals surface area (Å²) in [5, 5.41) is 0.782.